The molecule has 1 N–H and O–H groups in total. The molecule has 0 aliphatic carbocycles. The van der Waals surface area contributed by atoms with Crippen molar-refractivity contribution in [3.05, 3.63) is 65.3 Å². The number of hydrogen-bond acceptors (Lipinski definition) is 5. The molecule has 3 aromatic rings. The Morgan fingerprint density at radius 2 is 2.20 bits per heavy atom. The lowest BCUT2D eigenvalue weighted by Crippen LogP contribution is -2.45. The van der Waals surface area contributed by atoms with Crippen molar-refractivity contribution >= 4 is 27.3 Å². The van der Waals surface area contributed by atoms with E-state index in [9.17, 15) is 17.6 Å². The number of carbonyl (C=O) groups is 1. The third-order valence-corrected chi connectivity index (χ3v) is 8.41. The summed E-state index contributed by atoms with van der Waals surface area (Å²) >= 11 is 1.13. The fourth-order valence-corrected chi connectivity index (χ4v) is 6.39. The fraction of sp³-hybridized carbons (Fsp3) is 0.300. The van der Waals surface area contributed by atoms with Crippen LogP contribution in [0.1, 0.15) is 24.2 Å². The zero-order chi connectivity index (χ0) is 21.3. The van der Waals surface area contributed by atoms with Gasteiger partial charge in [0.2, 0.25) is 5.91 Å². The maximum atomic E-state index is 14.5. The summed E-state index contributed by atoms with van der Waals surface area (Å²) in [5.74, 6) is -0.128. The number of aryl methyl sites for hydroxylation is 1. The molecule has 0 spiro atoms. The molecule has 7 nitrogen and oxygen atoms in total. The van der Waals surface area contributed by atoms with Gasteiger partial charge in [0, 0.05) is 25.5 Å². The average Bonchev–Trinajstić information content (AvgIpc) is 3.47. The normalized spacial score (nSPS) is 17.3. The van der Waals surface area contributed by atoms with Crippen LogP contribution in [0.25, 0.3) is 5.69 Å². The van der Waals surface area contributed by atoms with Gasteiger partial charge in [-0.25, -0.2) is 17.8 Å². The van der Waals surface area contributed by atoms with E-state index in [0.717, 1.165) is 11.3 Å². The van der Waals surface area contributed by atoms with E-state index in [1.807, 2.05) is 0 Å². The number of thiophene rings is 1. The van der Waals surface area contributed by atoms with Crippen LogP contribution in [0.15, 0.2) is 52.3 Å². The number of aromatic nitrogens is 2. The fourth-order valence-electron chi connectivity index (χ4n) is 3.61. The summed E-state index contributed by atoms with van der Waals surface area (Å²) in [6, 6.07) is 7.19. The highest BCUT2D eigenvalue weighted by molar-refractivity contribution is 7.91. The molecular weight excluding hydrogens is 427 g/mol. The van der Waals surface area contributed by atoms with E-state index < -0.39 is 21.9 Å². The van der Waals surface area contributed by atoms with Gasteiger partial charge in [0.1, 0.15) is 21.9 Å². The number of carbonyl (C=O) groups excluding carboxylic acids is 1. The van der Waals surface area contributed by atoms with Gasteiger partial charge in [-0.1, -0.05) is 12.1 Å². The maximum Gasteiger partial charge on any atom is 0.253 e. The Labute approximate surface area is 178 Å². The summed E-state index contributed by atoms with van der Waals surface area (Å²) < 4.78 is 43.3. The van der Waals surface area contributed by atoms with Crippen molar-refractivity contribution in [1.29, 1.82) is 0 Å². The average molecular weight is 449 g/mol. The monoisotopic (exact) mass is 448 g/mol. The van der Waals surface area contributed by atoms with Crippen LogP contribution in [0.3, 0.4) is 0 Å². The van der Waals surface area contributed by atoms with E-state index in [0.29, 0.717) is 36.5 Å². The van der Waals surface area contributed by atoms with Crippen molar-refractivity contribution in [2.24, 2.45) is 0 Å². The van der Waals surface area contributed by atoms with E-state index >= 15 is 0 Å². The lowest BCUT2D eigenvalue weighted by molar-refractivity contribution is -0.124. The van der Waals surface area contributed by atoms with Gasteiger partial charge in [0.05, 0.1) is 5.69 Å². The van der Waals surface area contributed by atoms with Gasteiger partial charge in [-0.05, 0) is 48.9 Å². The Morgan fingerprint density at radius 1 is 1.37 bits per heavy atom. The quantitative estimate of drug-likeness (QED) is 0.629. The van der Waals surface area contributed by atoms with Crippen molar-refractivity contribution in [1.82, 2.24) is 19.2 Å². The molecule has 0 saturated carbocycles. The third kappa shape index (κ3) is 3.90. The molecule has 0 unspecified atom stereocenters. The van der Waals surface area contributed by atoms with Crippen LogP contribution in [-0.2, 0) is 21.4 Å². The Bertz CT molecular complexity index is 1160. The first kappa shape index (κ1) is 20.7. The van der Waals surface area contributed by atoms with Gasteiger partial charge in [0.25, 0.3) is 10.0 Å². The van der Waals surface area contributed by atoms with Gasteiger partial charge in [-0.3, -0.25) is 4.79 Å². The topological polar surface area (TPSA) is 84.3 Å². The number of halogens is 1. The van der Waals surface area contributed by atoms with Crippen LogP contribution >= 0.6 is 11.3 Å². The van der Waals surface area contributed by atoms with Crippen molar-refractivity contribution in [3.63, 3.8) is 0 Å². The third-order valence-electron chi connectivity index (χ3n) is 5.13. The minimum Gasteiger partial charge on any atom is -0.351 e. The van der Waals surface area contributed by atoms with Crippen molar-refractivity contribution in [3.8, 4) is 5.69 Å². The summed E-state index contributed by atoms with van der Waals surface area (Å²) in [5, 5.41) is 4.45. The van der Waals surface area contributed by atoms with Gasteiger partial charge < -0.3 is 9.88 Å². The Balaban J connectivity index is 1.44. The molecule has 1 saturated heterocycles. The minimum absolute atomic E-state index is 0.113. The molecule has 1 atom stereocenters. The molecule has 2 aromatic heterocycles. The second kappa shape index (κ2) is 8.29. The predicted molar refractivity (Wildman–Crippen MR) is 111 cm³/mol. The molecule has 0 bridgehead atoms. The first-order chi connectivity index (χ1) is 14.4. The summed E-state index contributed by atoms with van der Waals surface area (Å²) in [6.45, 7) is 2.21. The Kier molecular flexibility index (Phi) is 5.72. The summed E-state index contributed by atoms with van der Waals surface area (Å²) in [4.78, 5) is 16.8. The summed E-state index contributed by atoms with van der Waals surface area (Å²) in [5.41, 5.74) is 0.970. The van der Waals surface area contributed by atoms with E-state index in [1.165, 1.54) is 10.4 Å². The van der Waals surface area contributed by atoms with E-state index in [1.54, 1.807) is 53.5 Å². The number of nitrogens with one attached hydrogen (secondary N) is 1. The van der Waals surface area contributed by atoms with Crippen LogP contribution in [-0.4, -0.2) is 40.8 Å². The highest BCUT2D eigenvalue weighted by Crippen LogP contribution is 2.28. The standard InChI is InChI=1S/C20H21FN4O3S2/c1-14-22-8-10-24(14)17-7-6-15(12-16(17)21)13-23-20(26)18-4-2-9-25(18)30(27,28)19-5-3-11-29-19/h3,5-8,10-12,18H,2,4,9,13H2,1H3,(H,23,26)/t18-/m1/s1. The second-order valence-electron chi connectivity index (χ2n) is 7.05. The molecule has 30 heavy (non-hydrogen) atoms. The molecule has 1 aromatic carbocycles. The molecule has 1 aliphatic rings. The highest BCUT2D eigenvalue weighted by Gasteiger charge is 2.39. The van der Waals surface area contributed by atoms with E-state index in [2.05, 4.69) is 10.3 Å². The molecular formula is C20H21FN4O3S2. The van der Waals surface area contributed by atoms with Crippen LogP contribution in [0.5, 0.6) is 0 Å². The molecule has 3 heterocycles. The molecule has 1 fully saturated rings. The van der Waals surface area contributed by atoms with E-state index in [4.69, 9.17) is 0 Å². The Hall–Kier alpha value is -2.56. The van der Waals surface area contributed by atoms with Crippen molar-refractivity contribution in [2.75, 3.05) is 6.54 Å². The molecule has 4 rings (SSSR count). The number of hydrogen-bond donors (Lipinski definition) is 1. The van der Waals surface area contributed by atoms with Crippen LogP contribution in [0.2, 0.25) is 0 Å². The lowest BCUT2D eigenvalue weighted by atomic mass is 10.1. The number of benzene rings is 1. The zero-order valence-electron chi connectivity index (χ0n) is 16.3. The number of sulfonamides is 1. The molecule has 1 aliphatic heterocycles. The highest BCUT2D eigenvalue weighted by atomic mass is 32.2. The van der Waals surface area contributed by atoms with Crippen molar-refractivity contribution < 1.29 is 17.6 Å². The maximum absolute atomic E-state index is 14.5. The Morgan fingerprint density at radius 3 is 2.87 bits per heavy atom. The number of rotatable bonds is 6. The van der Waals surface area contributed by atoms with Gasteiger partial charge in [-0.2, -0.15) is 4.31 Å². The number of imidazole rings is 1. The first-order valence-corrected chi connectivity index (χ1v) is 11.8. The predicted octanol–water partition coefficient (Wildman–Crippen LogP) is 2.85. The summed E-state index contributed by atoms with van der Waals surface area (Å²) in [7, 11) is -3.69. The van der Waals surface area contributed by atoms with Crippen LogP contribution in [0.4, 0.5) is 4.39 Å². The van der Waals surface area contributed by atoms with E-state index in [-0.39, 0.29) is 16.7 Å². The van der Waals surface area contributed by atoms with Gasteiger partial charge in [-0.15, -0.1) is 11.3 Å². The van der Waals surface area contributed by atoms with Crippen molar-refractivity contribution in [2.45, 2.75) is 36.6 Å². The number of nitrogens with zero attached hydrogens (tertiary/aromatic N) is 3. The van der Waals surface area contributed by atoms with Crippen LogP contribution in [0, 0.1) is 12.7 Å². The summed E-state index contributed by atoms with van der Waals surface area (Å²) in [6.07, 6.45) is 4.36. The minimum atomic E-state index is -3.69. The molecule has 10 heteroatoms. The smallest absolute Gasteiger partial charge is 0.253 e. The number of amides is 1. The lowest BCUT2D eigenvalue weighted by Gasteiger charge is -2.22. The zero-order valence-corrected chi connectivity index (χ0v) is 17.9. The largest absolute Gasteiger partial charge is 0.351 e. The second-order valence-corrected chi connectivity index (χ2v) is 10.1. The SMILES string of the molecule is Cc1nccn1-c1ccc(CNC(=O)[C@H]2CCCN2S(=O)(=O)c2cccs2)cc1F. The van der Waals surface area contributed by atoms with Crippen LogP contribution < -0.4 is 5.32 Å². The first-order valence-electron chi connectivity index (χ1n) is 9.50. The molecule has 1 amide bonds. The van der Waals surface area contributed by atoms with Gasteiger partial charge in [0.15, 0.2) is 0 Å². The molecule has 0 radical (unpaired) electrons. The van der Waals surface area contributed by atoms with Gasteiger partial charge >= 0.3 is 0 Å². The molecule has 158 valence electrons.